The lowest BCUT2D eigenvalue weighted by Gasteiger charge is -2.32. The first-order chi connectivity index (χ1) is 10.0. The van der Waals surface area contributed by atoms with Crippen molar-refractivity contribution in [2.45, 2.75) is 32.2 Å². The average Bonchev–Trinajstić information content (AvgIpc) is 2.85. The zero-order chi connectivity index (χ0) is 15.0. The summed E-state index contributed by atoms with van der Waals surface area (Å²) in [7, 11) is 0. The fourth-order valence-corrected chi connectivity index (χ4v) is 3.11. The second kappa shape index (κ2) is 5.00. The fourth-order valence-electron chi connectivity index (χ4n) is 3.11. The number of hydrogen-bond donors (Lipinski definition) is 2. The summed E-state index contributed by atoms with van der Waals surface area (Å²) in [6.07, 6.45) is 3.70. The highest BCUT2D eigenvalue weighted by Crippen LogP contribution is 2.32. The second-order valence-corrected chi connectivity index (χ2v) is 6.08. The largest absolute Gasteiger partial charge is 0.333 e. The van der Waals surface area contributed by atoms with Crippen LogP contribution in [0.25, 0.3) is 10.8 Å². The molecule has 2 aromatic rings. The van der Waals surface area contributed by atoms with Gasteiger partial charge in [-0.25, -0.2) is 10.8 Å². The Morgan fingerprint density at radius 1 is 1.33 bits per heavy atom. The van der Waals surface area contributed by atoms with Crippen molar-refractivity contribution >= 4 is 22.5 Å². The summed E-state index contributed by atoms with van der Waals surface area (Å²) in [5.74, 6) is 6.13. The topological polar surface area (TPSA) is 71.2 Å². The van der Waals surface area contributed by atoms with Crippen LogP contribution in [0.15, 0.2) is 30.5 Å². The summed E-state index contributed by atoms with van der Waals surface area (Å²) in [4.78, 5) is 19.1. The minimum absolute atomic E-state index is 0.0461. The van der Waals surface area contributed by atoms with Crippen LogP contribution in [-0.4, -0.2) is 27.9 Å². The molecule has 1 saturated heterocycles. The number of likely N-dealkylation sites (tertiary alicyclic amines) is 1. The molecule has 0 atom stereocenters. The van der Waals surface area contributed by atoms with Gasteiger partial charge in [0.25, 0.3) is 5.91 Å². The zero-order valence-corrected chi connectivity index (χ0v) is 12.4. The molecule has 3 rings (SSSR count). The first kappa shape index (κ1) is 13.8. The van der Waals surface area contributed by atoms with Gasteiger partial charge in [-0.3, -0.25) is 4.79 Å². The number of hydrazine groups is 1. The van der Waals surface area contributed by atoms with Gasteiger partial charge in [0.2, 0.25) is 0 Å². The van der Waals surface area contributed by atoms with E-state index in [1.807, 2.05) is 29.2 Å². The number of fused-ring (bicyclic) bond motifs is 1. The Balaban J connectivity index is 2.11. The number of nitrogen functional groups attached to an aromatic ring is 1. The number of carbonyl (C=O) groups is 1. The molecule has 110 valence electrons. The van der Waals surface area contributed by atoms with Crippen molar-refractivity contribution in [2.24, 2.45) is 5.84 Å². The highest BCUT2D eigenvalue weighted by molar-refractivity contribution is 6.09. The Labute approximate surface area is 124 Å². The van der Waals surface area contributed by atoms with E-state index in [4.69, 9.17) is 5.84 Å². The predicted molar refractivity (Wildman–Crippen MR) is 83.9 cm³/mol. The van der Waals surface area contributed by atoms with Crippen molar-refractivity contribution < 1.29 is 4.79 Å². The number of pyridine rings is 1. The van der Waals surface area contributed by atoms with E-state index in [2.05, 4.69) is 24.3 Å². The molecule has 1 aliphatic heterocycles. The summed E-state index contributed by atoms with van der Waals surface area (Å²) >= 11 is 0. The molecule has 1 aliphatic rings. The highest BCUT2D eigenvalue weighted by Gasteiger charge is 2.36. The van der Waals surface area contributed by atoms with E-state index < -0.39 is 0 Å². The molecular formula is C16H20N4O. The van der Waals surface area contributed by atoms with Crippen molar-refractivity contribution in [1.29, 1.82) is 0 Å². The maximum absolute atomic E-state index is 12.9. The van der Waals surface area contributed by atoms with E-state index in [1.54, 1.807) is 6.20 Å². The number of nitrogens with zero attached hydrogens (tertiary/aromatic N) is 2. The highest BCUT2D eigenvalue weighted by atomic mass is 16.2. The maximum atomic E-state index is 12.9. The molecule has 0 saturated carbocycles. The summed E-state index contributed by atoms with van der Waals surface area (Å²) in [6.45, 7) is 5.03. The molecular weight excluding hydrogens is 264 g/mol. The smallest absolute Gasteiger partial charge is 0.256 e. The molecule has 1 fully saturated rings. The molecule has 21 heavy (non-hydrogen) atoms. The van der Waals surface area contributed by atoms with Gasteiger partial charge in [0.1, 0.15) is 5.82 Å². The molecule has 0 aliphatic carbocycles. The van der Waals surface area contributed by atoms with Crippen LogP contribution in [-0.2, 0) is 0 Å². The normalized spacial score (nSPS) is 17.2. The van der Waals surface area contributed by atoms with Crippen molar-refractivity contribution in [3.63, 3.8) is 0 Å². The van der Waals surface area contributed by atoms with E-state index in [9.17, 15) is 4.79 Å². The van der Waals surface area contributed by atoms with Crippen molar-refractivity contribution in [2.75, 3.05) is 12.0 Å². The number of aromatic nitrogens is 1. The molecule has 3 N–H and O–H groups in total. The van der Waals surface area contributed by atoms with Crippen molar-refractivity contribution in [3.05, 3.63) is 36.0 Å². The number of amides is 1. The standard InChI is InChI=1S/C16H20N4O/c1-16(2)8-5-9-20(16)15(21)13-10-18-14(19-17)12-7-4-3-6-11(12)13/h3-4,6-7,10H,5,8-9,17H2,1-2H3,(H,18,19). The fraction of sp³-hybridized carbons (Fsp3) is 0.375. The number of carbonyl (C=O) groups excluding carboxylic acids is 1. The third kappa shape index (κ3) is 2.23. The van der Waals surface area contributed by atoms with Crippen LogP contribution in [0.5, 0.6) is 0 Å². The maximum Gasteiger partial charge on any atom is 0.256 e. The number of nitrogens with two attached hydrogens (primary N) is 1. The number of hydrogen-bond acceptors (Lipinski definition) is 4. The number of benzene rings is 1. The second-order valence-electron chi connectivity index (χ2n) is 6.08. The van der Waals surface area contributed by atoms with E-state index in [1.165, 1.54) is 0 Å². The minimum Gasteiger partial charge on any atom is -0.333 e. The summed E-state index contributed by atoms with van der Waals surface area (Å²) < 4.78 is 0. The molecule has 0 spiro atoms. The van der Waals surface area contributed by atoms with Crippen LogP contribution in [0.2, 0.25) is 0 Å². The van der Waals surface area contributed by atoms with Gasteiger partial charge in [-0.05, 0) is 32.1 Å². The Hall–Kier alpha value is -2.14. The van der Waals surface area contributed by atoms with Gasteiger partial charge in [-0.1, -0.05) is 24.3 Å². The van der Waals surface area contributed by atoms with Gasteiger partial charge in [0.05, 0.1) is 5.56 Å². The first-order valence-corrected chi connectivity index (χ1v) is 7.21. The predicted octanol–water partition coefficient (Wildman–Crippen LogP) is 2.54. The lowest BCUT2D eigenvalue weighted by Crippen LogP contribution is -2.42. The Morgan fingerprint density at radius 3 is 2.67 bits per heavy atom. The summed E-state index contributed by atoms with van der Waals surface area (Å²) in [5.41, 5.74) is 3.13. The zero-order valence-electron chi connectivity index (χ0n) is 12.4. The van der Waals surface area contributed by atoms with Gasteiger partial charge in [0, 0.05) is 23.7 Å². The van der Waals surface area contributed by atoms with Crippen molar-refractivity contribution in [3.8, 4) is 0 Å². The van der Waals surface area contributed by atoms with E-state index in [0.29, 0.717) is 11.4 Å². The van der Waals surface area contributed by atoms with Crippen LogP contribution in [0.1, 0.15) is 37.0 Å². The van der Waals surface area contributed by atoms with E-state index in [0.717, 1.165) is 30.2 Å². The third-order valence-electron chi connectivity index (χ3n) is 4.31. The molecule has 1 amide bonds. The number of rotatable bonds is 2. The minimum atomic E-state index is -0.0943. The molecule has 1 aromatic carbocycles. The monoisotopic (exact) mass is 284 g/mol. The molecule has 0 bridgehead atoms. The number of anilines is 1. The molecule has 0 radical (unpaired) electrons. The van der Waals surface area contributed by atoms with Crippen LogP contribution in [0.3, 0.4) is 0 Å². The SMILES string of the molecule is CC1(C)CCCN1C(=O)c1cnc(NN)c2ccccc12. The Kier molecular flexibility index (Phi) is 3.29. The lowest BCUT2D eigenvalue weighted by atomic mass is 10.0. The Morgan fingerprint density at radius 2 is 2.05 bits per heavy atom. The van der Waals surface area contributed by atoms with Gasteiger partial charge >= 0.3 is 0 Å². The van der Waals surface area contributed by atoms with Crippen LogP contribution < -0.4 is 11.3 Å². The van der Waals surface area contributed by atoms with Gasteiger partial charge in [-0.15, -0.1) is 0 Å². The van der Waals surface area contributed by atoms with Crippen LogP contribution in [0, 0.1) is 0 Å². The van der Waals surface area contributed by atoms with E-state index >= 15 is 0 Å². The average molecular weight is 284 g/mol. The molecule has 1 aromatic heterocycles. The molecule has 2 heterocycles. The quantitative estimate of drug-likeness (QED) is 0.656. The number of nitrogens with one attached hydrogen (secondary N) is 1. The van der Waals surface area contributed by atoms with Gasteiger partial charge in [-0.2, -0.15) is 0 Å². The van der Waals surface area contributed by atoms with Gasteiger partial charge in [0.15, 0.2) is 0 Å². The summed E-state index contributed by atoms with van der Waals surface area (Å²) in [5, 5.41) is 1.75. The molecule has 0 unspecified atom stereocenters. The summed E-state index contributed by atoms with van der Waals surface area (Å²) in [6, 6.07) is 7.70. The lowest BCUT2D eigenvalue weighted by molar-refractivity contribution is 0.0653. The Bertz CT molecular complexity index is 696. The van der Waals surface area contributed by atoms with Gasteiger partial charge < -0.3 is 10.3 Å². The van der Waals surface area contributed by atoms with Crippen molar-refractivity contribution in [1.82, 2.24) is 9.88 Å². The third-order valence-corrected chi connectivity index (χ3v) is 4.31. The molecule has 5 nitrogen and oxygen atoms in total. The van der Waals surface area contributed by atoms with Crippen LogP contribution >= 0.6 is 0 Å². The van der Waals surface area contributed by atoms with E-state index in [-0.39, 0.29) is 11.4 Å². The van der Waals surface area contributed by atoms with Crippen LogP contribution in [0.4, 0.5) is 5.82 Å². The first-order valence-electron chi connectivity index (χ1n) is 7.21. The molecule has 5 heteroatoms.